The third-order valence-electron chi connectivity index (χ3n) is 3.63. The maximum absolute atomic E-state index is 8.97. The van der Waals surface area contributed by atoms with Crippen LogP contribution in [0, 0.1) is 17.2 Å². The van der Waals surface area contributed by atoms with Crippen molar-refractivity contribution in [2.45, 2.75) is 12.8 Å². The molecule has 3 rings (SSSR count). The number of halogens is 1. The molecule has 20 heavy (non-hydrogen) atoms. The minimum Gasteiger partial charge on any atom is -0.361 e. The van der Waals surface area contributed by atoms with Gasteiger partial charge in [-0.05, 0) is 40.3 Å². The highest BCUT2D eigenvalue weighted by Crippen LogP contribution is 2.40. The van der Waals surface area contributed by atoms with E-state index in [1.165, 1.54) is 16.5 Å². The fraction of sp³-hybridized carbons (Fsp3) is 0.333. The zero-order valence-electron chi connectivity index (χ0n) is 10.9. The molecular formula is C15H14BrN3S. The molecule has 2 aromatic rings. The Balaban J connectivity index is 1.83. The Morgan fingerprint density at radius 2 is 1.95 bits per heavy atom. The summed E-state index contributed by atoms with van der Waals surface area (Å²) in [7, 11) is 0. The van der Waals surface area contributed by atoms with Gasteiger partial charge in [0.05, 0.1) is 10.5 Å². The molecule has 0 atom stereocenters. The van der Waals surface area contributed by atoms with Crippen molar-refractivity contribution in [3.63, 3.8) is 0 Å². The first-order valence-electron chi connectivity index (χ1n) is 6.64. The van der Waals surface area contributed by atoms with Gasteiger partial charge in [-0.1, -0.05) is 30.3 Å². The number of anilines is 1. The lowest BCUT2D eigenvalue weighted by Gasteiger charge is -2.29. The minimum atomic E-state index is 0.214. The molecule has 1 aromatic carbocycles. The molecular weight excluding hydrogens is 334 g/mol. The first-order valence-corrected chi connectivity index (χ1v) is 8.21. The van der Waals surface area contributed by atoms with Crippen LogP contribution >= 0.6 is 27.5 Å². The van der Waals surface area contributed by atoms with Gasteiger partial charge in [-0.15, -0.1) is 0 Å². The molecule has 0 N–H and O–H groups in total. The number of benzene rings is 1. The fourth-order valence-corrected chi connectivity index (χ4v) is 4.21. The first-order chi connectivity index (χ1) is 9.79. The van der Waals surface area contributed by atoms with E-state index in [-0.39, 0.29) is 5.92 Å². The number of nitriles is 1. The molecule has 0 radical (unpaired) electrons. The quantitative estimate of drug-likeness (QED) is 0.812. The second-order valence-electron chi connectivity index (χ2n) is 4.91. The molecule has 2 heterocycles. The highest BCUT2D eigenvalue weighted by Gasteiger charge is 2.23. The number of rotatable bonds is 2. The van der Waals surface area contributed by atoms with E-state index in [9.17, 15) is 0 Å². The van der Waals surface area contributed by atoms with E-state index in [4.69, 9.17) is 5.26 Å². The molecule has 0 bridgehead atoms. The van der Waals surface area contributed by atoms with Crippen molar-refractivity contribution in [2.24, 2.45) is 5.92 Å². The van der Waals surface area contributed by atoms with Crippen LogP contribution in [0.5, 0.6) is 0 Å². The van der Waals surface area contributed by atoms with Crippen LogP contribution in [0.2, 0.25) is 0 Å². The van der Waals surface area contributed by atoms with Crippen molar-refractivity contribution in [2.75, 3.05) is 18.0 Å². The number of aromatic nitrogens is 1. The largest absolute Gasteiger partial charge is 0.361 e. The molecule has 0 aliphatic carbocycles. The zero-order valence-corrected chi connectivity index (χ0v) is 13.3. The third-order valence-corrected chi connectivity index (χ3v) is 5.55. The molecule has 1 fully saturated rings. The molecule has 102 valence electrons. The standard InChI is InChI=1S/C15H14BrN3S/c16-13-14(12-4-2-1-3-5-12)18-20-15(13)19-8-6-11(10-17)7-9-19/h1-5,11H,6-9H2. The lowest BCUT2D eigenvalue weighted by Crippen LogP contribution is -2.32. The number of hydrogen-bond acceptors (Lipinski definition) is 4. The smallest absolute Gasteiger partial charge is 0.127 e. The van der Waals surface area contributed by atoms with E-state index in [1.807, 2.05) is 18.2 Å². The van der Waals surface area contributed by atoms with Crippen LogP contribution in [0.25, 0.3) is 11.3 Å². The van der Waals surface area contributed by atoms with Crippen molar-refractivity contribution >= 4 is 32.5 Å². The van der Waals surface area contributed by atoms with Gasteiger partial charge < -0.3 is 4.90 Å². The van der Waals surface area contributed by atoms with Gasteiger partial charge in [0.2, 0.25) is 0 Å². The summed E-state index contributed by atoms with van der Waals surface area (Å²) in [5, 5.41) is 10.1. The minimum absolute atomic E-state index is 0.214. The van der Waals surface area contributed by atoms with Crippen LogP contribution < -0.4 is 4.90 Å². The molecule has 0 unspecified atom stereocenters. The van der Waals surface area contributed by atoms with Gasteiger partial charge in [-0.3, -0.25) is 0 Å². The van der Waals surface area contributed by atoms with Crippen molar-refractivity contribution in [3.8, 4) is 17.3 Å². The summed E-state index contributed by atoms with van der Waals surface area (Å²) in [6.07, 6.45) is 1.89. The number of nitrogens with zero attached hydrogens (tertiary/aromatic N) is 3. The van der Waals surface area contributed by atoms with E-state index < -0.39 is 0 Å². The molecule has 1 aliphatic heterocycles. The van der Waals surface area contributed by atoms with Crippen molar-refractivity contribution < 1.29 is 0 Å². The molecule has 0 spiro atoms. The van der Waals surface area contributed by atoms with Gasteiger partial charge in [0.25, 0.3) is 0 Å². The maximum atomic E-state index is 8.97. The monoisotopic (exact) mass is 347 g/mol. The second kappa shape index (κ2) is 5.94. The van der Waals surface area contributed by atoms with Gasteiger partial charge in [0.1, 0.15) is 10.7 Å². The number of piperidine rings is 1. The summed E-state index contributed by atoms with van der Waals surface area (Å²) < 4.78 is 5.66. The number of hydrogen-bond donors (Lipinski definition) is 0. The van der Waals surface area contributed by atoms with Gasteiger partial charge in [0.15, 0.2) is 0 Å². The highest BCUT2D eigenvalue weighted by molar-refractivity contribution is 9.10. The summed E-state index contributed by atoms with van der Waals surface area (Å²) in [5.41, 5.74) is 2.14. The summed E-state index contributed by atoms with van der Waals surface area (Å²) in [6.45, 7) is 1.88. The normalized spacial score (nSPS) is 16.1. The first kappa shape index (κ1) is 13.6. The zero-order chi connectivity index (χ0) is 13.9. The average Bonchev–Trinajstić information content (AvgIpc) is 2.90. The Kier molecular flexibility index (Phi) is 4.04. The molecule has 0 amide bonds. The van der Waals surface area contributed by atoms with Crippen molar-refractivity contribution in [1.82, 2.24) is 4.37 Å². The molecule has 1 aromatic heterocycles. The van der Waals surface area contributed by atoms with Crippen LogP contribution in [0.4, 0.5) is 5.00 Å². The Morgan fingerprint density at radius 1 is 1.25 bits per heavy atom. The van der Waals surface area contributed by atoms with Crippen LogP contribution in [-0.4, -0.2) is 17.5 Å². The average molecular weight is 348 g/mol. The Bertz CT molecular complexity index is 624. The van der Waals surface area contributed by atoms with Crippen LogP contribution in [-0.2, 0) is 0 Å². The summed E-state index contributed by atoms with van der Waals surface area (Å²) in [6, 6.07) is 12.6. The maximum Gasteiger partial charge on any atom is 0.127 e. The van der Waals surface area contributed by atoms with E-state index in [2.05, 4.69) is 43.4 Å². The Labute approximate surface area is 131 Å². The van der Waals surface area contributed by atoms with Crippen LogP contribution in [0.15, 0.2) is 34.8 Å². The fourth-order valence-electron chi connectivity index (χ4n) is 2.45. The molecule has 3 nitrogen and oxygen atoms in total. The van der Waals surface area contributed by atoms with Gasteiger partial charge in [-0.25, -0.2) is 0 Å². The lowest BCUT2D eigenvalue weighted by molar-refractivity contribution is 0.489. The summed E-state index contributed by atoms with van der Waals surface area (Å²) >= 11 is 5.23. The van der Waals surface area contributed by atoms with E-state index in [0.29, 0.717) is 0 Å². The van der Waals surface area contributed by atoms with Gasteiger partial charge >= 0.3 is 0 Å². The van der Waals surface area contributed by atoms with Crippen LogP contribution in [0.1, 0.15) is 12.8 Å². The third kappa shape index (κ3) is 2.58. The molecule has 1 aliphatic rings. The van der Waals surface area contributed by atoms with Crippen LogP contribution in [0.3, 0.4) is 0 Å². The summed E-state index contributed by atoms with van der Waals surface area (Å²) in [5.74, 6) is 0.214. The van der Waals surface area contributed by atoms with E-state index in [0.717, 1.165) is 41.7 Å². The predicted octanol–water partition coefficient (Wildman–Crippen LogP) is 4.31. The van der Waals surface area contributed by atoms with Gasteiger partial charge in [0, 0.05) is 24.6 Å². The lowest BCUT2D eigenvalue weighted by atomic mass is 9.99. The molecule has 0 saturated carbocycles. The Morgan fingerprint density at radius 3 is 2.60 bits per heavy atom. The second-order valence-corrected chi connectivity index (χ2v) is 6.45. The molecule has 5 heteroatoms. The van der Waals surface area contributed by atoms with E-state index >= 15 is 0 Å². The van der Waals surface area contributed by atoms with Crippen molar-refractivity contribution in [3.05, 3.63) is 34.8 Å². The molecule has 1 saturated heterocycles. The van der Waals surface area contributed by atoms with Crippen molar-refractivity contribution in [1.29, 1.82) is 5.26 Å². The topological polar surface area (TPSA) is 39.9 Å². The summed E-state index contributed by atoms with van der Waals surface area (Å²) in [4.78, 5) is 2.34. The van der Waals surface area contributed by atoms with Gasteiger partial charge in [-0.2, -0.15) is 9.64 Å². The predicted molar refractivity (Wildman–Crippen MR) is 85.8 cm³/mol. The highest BCUT2D eigenvalue weighted by atomic mass is 79.9. The van der Waals surface area contributed by atoms with E-state index in [1.54, 1.807) is 0 Å². The Hall–Kier alpha value is -1.38. The SMILES string of the molecule is N#CC1CCN(c2snc(-c3ccccc3)c2Br)CC1.